The van der Waals surface area contributed by atoms with Crippen molar-refractivity contribution in [1.29, 1.82) is 0 Å². The quantitative estimate of drug-likeness (QED) is 0.714. The molecule has 2 heterocycles. The Bertz CT molecular complexity index is 694. The fourth-order valence-corrected chi connectivity index (χ4v) is 4.08. The summed E-state index contributed by atoms with van der Waals surface area (Å²) in [5, 5.41) is 0. The second-order valence-corrected chi connectivity index (χ2v) is 7.56. The van der Waals surface area contributed by atoms with E-state index in [1.54, 1.807) is 4.90 Å². The van der Waals surface area contributed by atoms with E-state index in [4.69, 9.17) is 0 Å². The third-order valence-electron chi connectivity index (χ3n) is 5.91. The number of carbonyl (C=O) groups excluding carboxylic acids is 3. The van der Waals surface area contributed by atoms with Crippen LogP contribution < -0.4 is 4.90 Å². The Morgan fingerprint density at radius 2 is 1.30 bits per heavy atom. The Morgan fingerprint density at radius 3 is 1.81 bits per heavy atom. The molecule has 1 aliphatic carbocycles. The van der Waals surface area contributed by atoms with Gasteiger partial charge in [-0.05, 0) is 18.6 Å². The minimum absolute atomic E-state index is 0.0850. The monoisotopic (exact) mass is 370 g/mol. The van der Waals surface area contributed by atoms with Gasteiger partial charge < -0.3 is 19.6 Å². The van der Waals surface area contributed by atoms with Gasteiger partial charge in [-0.2, -0.15) is 0 Å². The summed E-state index contributed by atoms with van der Waals surface area (Å²) in [5.74, 6) is -0.0910. The van der Waals surface area contributed by atoms with Crippen LogP contribution in [0.5, 0.6) is 0 Å². The summed E-state index contributed by atoms with van der Waals surface area (Å²) in [6, 6.07) is 10.3. The molecule has 2 aliphatic heterocycles. The Labute approximate surface area is 159 Å². The van der Waals surface area contributed by atoms with Crippen LogP contribution >= 0.6 is 0 Å². The van der Waals surface area contributed by atoms with Crippen LogP contribution in [0.25, 0.3) is 0 Å². The van der Waals surface area contributed by atoms with Crippen molar-refractivity contribution in [2.75, 3.05) is 57.3 Å². The zero-order valence-electron chi connectivity index (χ0n) is 15.5. The van der Waals surface area contributed by atoms with Gasteiger partial charge in [-0.3, -0.25) is 14.4 Å². The maximum atomic E-state index is 12.8. The third-order valence-corrected chi connectivity index (χ3v) is 5.91. The second kappa shape index (κ2) is 7.58. The van der Waals surface area contributed by atoms with E-state index >= 15 is 0 Å². The molecule has 7 heteroatoms. The van der Waals surface area contributed by atoms with E-state index in [1.807, 2.05) is 28.0 Å². The first-order valence-electron chi connectivity index (χ1n) is 9.74. The third kappa shape index (κ3) is 3.77. The predicted octanol–water partition coefficient (Wildman–Crippen LogP) is 0.272. The van der Waals surface area contributed by atoms with Crippen molar-refractivity contribution in [3.8, 4) is 0 Å². The van der Waals surface area contributed by atoms with E-state index < -0.39 is 0 Å². The van der Waals surface area contributed by atoms with E-state index in [-0.39, 0.29) is 23.7 Å². The summed E-state index contributed by atoms with van der Waals surface area (Å²) in [5.41, 5.74) is 1.19. The molecule has 2 atom stereocenters. The fraction of sp³-hybridized carbons (Fsp3) is 0.550. The highest BCUT2D eigenvalue weighted by Gasteiger charge is 2.51. The van der Waals surface area contributed by atoms with Gasteiger partial charge in [0.25, 0.3) is 0 Å². The van der Waals surface area contributed by atoms with Gasteiger partial charge in [0.05, 0.1) is 11.8 Å². The first kappa shape index (κ1) is 17.8. The van der Waals surface area contributed by atoms with Crippen molar-refractivity contribution >= 4 is 23.9 Å². The molecular weight excluding hydrogens is 344 g/mol. The first-order valence-corrected chi connectivity index (χ1v) is 9.74. The molecular formula is C20H26N4O3. The number of hydrogen-bond donors (Lipinski definition) is 0. The Kier molecular flexibility index (Phi) is 5.01. The van der Waals surface area contributed by atoms with Gasteiger partial charge in [0, 0.05) is 58.0 Å². The summed E-state index contributed by atoms with van der Waals surface area (Å²) < 4.78 is 0. The van der Waals surface area contributed by atoms with Crippen LogP contribution in [0.2, 0.25) is 0 Å². The van der Waals surface area contributed by atoms with Crippen LogP contribution in [0.1, 0.15) is 6.42 Å². The number of benzene rings is 1. The Hall–Kier alpha value is -2.57. The largest absolute Gasteiger partial charge is 0.368 e. The van der Waals surface area contributed by atoms with Crippen LogP contribution in [0, 0.1) is 11.8 Å². The molecule has 0 N–H and O–H groups in total. The van der Waals surface area contributed by atoms with E-state index in [0.29, 0.717) is 45.7 Å². The van der Waals surface area contributed by atoms with Crippen molar-refractivity contribution in [2.24, 2.45) is 11.8 Å². The summed E-state index contributed by atoms with van der Waals surface area (Å²) in [7, 11) is 0. The van der Waals surface area contributed by atoms with E-state index in [9.17, 15) is 14.4 Å². The first-order chi connectivity index (χ1) is 13.2. The summed E-state index contributed by atoms with van der Waals surface area (Å²) in [6.07, 6.45) is 1.50. The summed E-state index contributed by atoms with van der Waals surface area (Å²) in [6.45, 7) is 5.40. The van der Waals surface area contributed by atoms with Crippen molar-refractivity contribution in [3.63, 3.8) is 0 Å². The Balaban J connectivity index is 1.26. The molecule has 1 aromatic rings. The second-order valence-electron chi connectivity index (χ2n) is 7.56. The van der Waals surface area contributed by atoms with Crippen LogP contribution in [0.15, 0.2) is 30.3 Å². The molecule has 2 saturated heterocycles. The average Bonchev–Trinajstić information content (AvgIpc) is 3.54. The molecule has 3 fully saturated rings. The zero-order valence-corrected chi connectivity index (χ0v) is 15.5. The molecule has 4 rings (SSSR count). The molecule has 27 heavy (non-hydrogen) atoms. The normalized spacial score (nSPS) is 25.3. The number of carbonyl (C=O) groups is 3. The molecule has 0 radical (unpaired) electrons. The van der Waals surface area contributed by atoms with Crippen molar-refractivity contribution in [2.45, 2.75) is 6.42 Å². The summed E-state index contributed by atoms with van der Waals surface area (Å²) >= 11 is 0. The zero-order chi connectivity index (χ0) is 18.8. The molecule has 7 nitrogen and oxygen atoms in total. The van der Waals surface area contributed by atoms with Crippen molar-refractivity contribution in [3.05, 3.63) is 30.3 Å². The topological polar surface area (TPSA) is 64.2 Å². The summed E-state index contributed by atoms with van der Waals surface area (Å²) in [4.78, 5) is 43.9. The lowest BCUT2D eigenvalue weighted by Gasteiger charge is -2.36. The molecule has 0 bridgehead atoms. The lowest BCUT2D eigenvalue weighted by molar-refractivity contribution is -0.139. The number of anilines is 1. The molecule has 3 aliphatic rings. The van der Waals surface area contributed by atoms with Gasteiger partial charge in [0.1, 0.15) is 0 Å². The fourth-order valence-electron chi connectivity index (χ4n) is 4.08. The maximum absolute atomic E-state index is 12.8. The number of hydrogen-bond acceptors (Lipinski definition) is 4. The van der Waals surface area contributed by atoms with Gasteiger partial charge in [-0.15, -0.1) is 0 Å². The minimum atomic E-state index is -0.160. The van der Waals surface area contributed by atoms with Gasteiger partial charge in [-0.1, -0.05) is 18.2 Å². The number of amides is 3. The standard InChI is InChI=1S/C20H26N4O3/c25-15-21-6-8-23(9-7-21)19(26)17-14-18(17)20(27)24-12-10-22(11-13-24)16-4-2-1-3-5-16/h1-5,15,17-18H,6-14H2. The van der Waals surface area contributed by atoms with E-state index in [0.717, 1.165) is 19.5 Å². The maximum Gasteiger partial charge on any atom is 0.226 e. The SMILES string of the molecule is O=CN1CCN(C(=O)C2CC2C(=O)N2CCN(c3ccccc3)CC2)CC1. The number of piperazine rings is 2. The molecule has 1 saturated carbocycles. The van der Waals surface area contributed by atoms with Crippen LogP contribution in [-0.2, 0) is 14.4 Å². The van der Waals surface area contributed by atoms with Gasteiger partial charge in [0.15, 0.2) is 0 Å². The highest BCUT2D eigenvalue weighted by Crippen LogP contribution is 2.41. The van der Waals surface area contributed by atoms with Crippen molar-refractivity contribution < 1.29 is 14.4 Å². The predicted molar refractivity (Wildman–Crippen MR) is 101 cm³/mol. The molecule has 3 amide bonds. The molecule has 2 unspecified atom stereocenters. The minimum Gasteiger partial charge on any atom is -0.368 e. The number of rotatable bonds is 4. The van der Waals surface area contributed by atoms with Crippen molar-refractivity contribution in [1.82, 2.24) is 14.7 Å². The average molecular weight is 370 g/mol. The number of para-hydroxylation sites is 1. The smallest absolute Gasteiger partial charge is 0.226 e. The lowest BCUT2D eigenvalue weighted by Crippen LogP contribution is -2.50. The Morgan fingerprint density at radius 1 is 0.778 bits per heavy atom. The molecule has 1 aromatic carbocycles. The van der Waals surface area contributed by atoms with Gasteiger partial charge >= 0.3 is 0 Å². The molecule has 0 spiro atoms. The van der Waals surface area contributed by atoms with Gasteiger partial charge in [-0.25, -0.2) is 0 Å². The molecule has 0 aromatic heterocycles. The van der Waals surface area contributed by atoms with Crippen LogP contribution in [0.3, 0.4) is 0 Å². The van der Waals surface area contributed by atoms with E-state index in [1.165, 1.54) is 5.69 Å². The highest BCUT2D eigenvalue weighted by atomic mass is 16.2. The lowest BCUT2D eigenvalue weighted by atomic mass is 10.2. The van der Waals surface area contributed by atoms with Gasteiger partial charge in [0.2, 0.25) is 18.2 Å². The van der Waals surface area contributed by atoms with Crippen LogP contribution in [-0.4, -0.2) is 85.3 Å². The number of nitrogens with zero attached hydrogens (tertiary/aromatic N) is 4. The van der Waals surface area contributed by atoms with Crippen LogP contribution in [0.4, 0.5) is 5.69 Å². The highest BCUT2D eigenvalue weighted by molar-refractivity contribution is 5.92. The molecule has 144 valence electrons. The van der Waals surface area contributed by atoms with E-state index in [2.05, 4.69) is 17.0 Å².